The lowest BCUT2D eigenvalue weighted by Gasteiger charge is -2.24. The highest BCUT2D eigenvalue weighted by molar-refractivity contribution is 7.64. The first-order valence-electron chi connectivity index (χ1n) is 35.8. The molecule has 0 fully saturated rings. The lowest BCUT2D eigenvalue weighted by atomic mass is 9.82. The monoisotopic (exact) mass is 1320 g/mol. The van der Waals surface area contributed by atoms with E-state index in [9.17, 15) is 4.89 Å². The Morgan fingerprint density at radius 2 is 0.577 bits per heavy atom. The Morgan fingerprint density at radius 3 is 0.907 bits per heavy atom. The number of nitrogens with zero attached hydrogens (tertiary/aromatic N) is 1. The van der Waals surface area contributed by atoms with E-state index in [2.05, 4.69) is 253 Å². The highest BCUT2D eigenvalue weighted by Gasteiger charge is 2.45. The molecular formula is C88H89NO6P2. The molecule has 2 heterocycles. The van der Waals surface area contributed by atoms with Gasteiger partial charge in [-0.2, -0.15) is 0 Å². The third-order valence-electron chi connectivity index (χ3n) is 20.8. The Balaban J connectivity index is 1.15. The SMILES string of the molecule is CCc1cc(CC)c(-c2cc3ccccc3c3c2OP(=O)(N=P2(O)Oc4cc(-c5c(CC)cc(CC)cc5CC)c5ccccc5c4-c4c(c(-c5c(CC)cc(CC)cc5CC)cc5ccccc45)O2)Oc2cc(-c4c(CC)cc(CC)cc4CC)c4ccccc4c2-3)c(CC)c1. The van der Waals surface area contributed by atoms with Crippen LogP contribution >= 0.6 is 15.5 Å². The van der Waals surface area contributed by atoms with E-state index in [1.54, 1.807) is 0 Å². The van der Waals surface area contributed by atoms with Crippen molar-refractivity contribution >= 4 is 58.6 Å². The molecule has 0 bridgehead atoms. The Labute approximate surface area is 573 Å². The number of hydrogen-bond donors (Lipinski definition) is 1. The van der Waals surface area contributed by atoms with Crippen molar-refractivity contribution in [3.63, 3.8) is 0 Å². The molecule has 9 heteroatoms. The molecule has 2 aliphatic heterocycles. The van der Waals surface area contributed by atoms with E-state index in [0.29, 0.717) is 23.0 Å². The molecule has 0 spiro atoms. The van der Waals surface area contributed by atoms with Crippen LogP contribution in [0.2, 0.25) is 0 Å². The second-order valence-electron chi connectivity index (χ2n) is 26.2. The molecule has 2 unspecified atom stereocenters. The molecule has 0 saturated heterocycles. The van der Waals surface area contributed by atoms with Gasteiger partial charge in [-0.05, 0) is 245 Å². The first-order chi connectivity index (χ1) is 47.2. The first-order valence-corrected chi connectivity index (χ1v) is 38.8. The van der Waals surface area contributed by atoms with Crippen LogP contribution in [0.4, 0.5) is 0 Å². The van der Waals surface area contributed by atoms with Gasteiger partial charge in [-0.1, -0.05) is 233 Å². The number of fused-ring (bicyclic) bond motifs is 14. The van der Waals surface area contributed by atoms with Crippen LogP contribution in [0.1, 0.15) is 150 Å². The van der Waals surface area contributed by atoms with Gasteiger partial charge in [0.05, 0.1) is 0 Å². The molecule has 492 valence electrons. The van der Waals surface area contributed by atoms with Crippen LogP contribution in [-0.4, -0.2) is 4.89 Å². The van der Waals surface area contributed by atoms with Crippen molar-refractivity contribution in [3.8, 4) is 89.8 Å². The van der Waals surface area contributed by atoms with Crippen LogP contribution in [0.25, 0.3) is 110 Å². The van der Waals surface area contributed by atoms with Gasteiger partial charge in [0.15, 0.2) is 0 Å². The minimum absolute atomic E-state index is 0.311. The van der Waals surface area contributed by atoms with Crippen LogP contribution in [0, 0.1) is 0 Å². The second-order valence-corrected chi connectivity index (χ2v) is 29.6. The van der Waals surface area contributed by atoms with E-state index in [1.165, 1.54) is 44.5 Å². The summed E-state index contributed by atoms with van der Waals surface area (Å²) in [6, 6.07) is 61.2. The standard InChI is InChI=1S/C88H89NO6P2/c1-13-53-41-57(17-5)79(58(18-6)42-53)73-51-77-83(71-39-31-29-37-69(71)73)85-67-35-27-25-33-65(67)49-75(81-61(21-9)45-55(15-3)46-62(81)22-10)87(85)94-96(90,92-77)89-97(91)93-78-52-74(80-59(19-7)43-54(14-2)44-60(80)20-8)70-38-30-32-40-72(70)84(78)86-68-36-28-26-34-66(68)50-76(88(86)95-97)82-63(23-11)47-56(16-4)48-64(82)24-12/h25-52,90H,13-24H2,1-12H3. The summed E-state index contributed by atoms with van der Waals surface area (Å²) in [5.74, 6) is 1.39. The number of hydrogen-bond acceptors (Lipinski definition) is 5. The fraction of sp³-hybridized carbons (Fsp3) is 0.273. The molecule has 2 aliphatic rings. The molecule has 0 aliphatic carbocycles. The van der Waals surface area contributed by atoms with Gasteiger partial charge in [-0.15, -0.1) is 0 Å². The minimum Gasteiger partial charge on any atom is -0.409 e. The zero-order chi connectivity index (χ0) is 67.6. The van der Waals surface area contributed by atoms with Crippen LogP contribution in [0.3, 0.4) is 0 Å². The second kappa shape index (κ2) is 26.6. The average molecular weight is 1320 g/mol. The largest absolute Gasteiger partial charge is 0.569 e. The van der Waals surface area contributed by atoms with Gasteiger partial charge in [0.25, 0.3) is 0 Å². The fourth-order valence-electron chi connectivity index (χ4n) is 16.0. The Morgan fingerprint density at radius 1 is 0.289 bits per heavy atom. The number of rotatable bonds is 17. The fourth-order valence-corrected chi connectivity index (χ4v) is 19.4. The van der Waals surface area contributed by atoms with Gasteiger partial charge in [-0.25, -0.2) is 4.57 Å². The zero-order valence-corrected chi connectivity index (χ0v) is 60.3. The summed E-state index contributed by atoms with van der Waals surface area (Å²) in [6.45, 7) is 26.6. The van der Waals surface area contributed by atoms with E-state index in [-0.39, 0.29) is 0 Å². The van der Waals surface area contributed by atoms with E-state index in [0.717, 1.165) is 209 Å². The molecule has 0 saturated carbocycles. The summed E-state index contributed by atoms with van der Waals surface area (Å²) in [4.78, 5) is 14.7. The van der Waals surface area contributed by atoms with Crippen molar-refractivity contribution in [2.45, 2.75) is 160 Å². The molecular weight excluding hydrogens is 1230 g/mol. The normalized spacial score (nSPS) is 15.6. The average Bonchev–Trinajstić information content (AvgIpc) is 1.68. The van der Waals surface area contributed by atoms with E-state index < -0.39 is 15.5 Å². The zero-order valence-electron chi connectivity index (χ0n) is 58.5. The van der Waals surface area contributed by atoms with E-state index in [4.69, 9.17) is 22.6 Å². The van der Waals surface area contributed by atoms with Gasteiger partial charge in [-0.3, -0.25) is 4.89 Å². The van der Waals surface area contributed by atoms with Crippen LogP contribution in [0.15, 0.2) is 174 Å². The van der Waals surface area contributed by atoms with Gasteiger partial charge in [0.1, 0.15) is 23.0 Å². The maximum atomic E-state index is 17.9. The maximum absolute atomic E-state index is 17.9. The quantitative estimate of drug-likeness (QED) is 0.0914. The topological polar surface area (TPSA) is 86.6 Å². The molecule has 97 heavy (non-hydrogen) atoms. The summed E-state index contributed by atoms with van der Waals surface area (Å²) in [6.07, 6.45) is 9.68. The summed E-state index contributed by atoms with van der Waals surface area (Å²) >= 11 is 0. The summed E-state index contributed by atoms with van der Waals surface area (Å²) in [5, 5.41) is 7.63. The summed E-state index contributed by atoms with van der Waals surface area (Å²) < 4.78 is 53.4. The Hall–Kier alpha value is -8.70. The van der Waals surface area contributed by atoms with Crippen molar-refractivity contribution in [1.82, 2.24) is 0 Å². The van der Waals surface area contributed by atoms with Crippen molar-refractivity contribution in [2.24, 2.45) is 4.52 Å². The molecule has 0 aromatic heterocycles. The van der Waals surface area contributed by atoms with Gasteiger partial charge >= 0.3 is 15.5 Å². The Bertz CT molecular complexity index is 5190. The third-order valence-corrected chi connectivity index (χ3v) is 24.3. The maximum Gasteiger partial charge on any atom is 0.569 e. The highest BCUT2D eigenvalue weighted by atomic mass is 31.2. The summed E-state index contributed by atoms with van der Waals surface area (Å²) in [7, 11) is -10.2. The molecule has 2 atom stereocenters. The number of aryl methyl sites for hydroxylation is 12. The molecule has 0 radical (unpaired) electrons. The van der Waals surface area contributed by atoms with Crippen LogP contribution in [0.5, 0.6) is 23.0 Å². The van der Waals surface area contributed by atoms with Gasteiger partial charge in [0, 0.05) is 33.4 Å². The van der Waals surface area contributed by atoms with Gasteiger partial charge < -0.3 is 18.1 Å². The lowest BCUT2D eigenvalue weighted by molar-refractivity contribution is 0.360. The first kappa shape index (κ1) is 65.6. The highest BCUT2D eigenvalue weighted by Crippen LogP contribution is 2.70. The Kier molecular flexibility index (Phi) is 18.0. The number of benzene rings is 12. The van der Waals surface area contributed by atoms with E-state index >= 15 is 4.57 Å². The predicted octanol–water partition coefficient (Wildman–Crippen LogP) is 25.3. The molecule has 12 aromatic carbocycles. The van der Waals surface area contributed by atoms with Crippen molar-refractivity contribution in [3.05, 3.63) is 237 Å². The molecule has 14 rings (SSSR count). The van der Waals surface area contributed by atoms with Gasteiger partial charge in [0.2, 0.25) is 0 Å². The summed E-state index contributed by atoms with van der Waals surface area (Å²) in [5.41, 5.74) is 25.2. The van der Waals surface area contributed by atoms with Crippen molar-refractivity contribution in [2.75, 3.05) is 0 Å². The third kappa shape index (κ3) is 11.3. The molecule has 1 N–H and O–H groups in total. The molecule has 0 amide bonds. The van der Waals surface area contributed by atoms with Crippen molar-refractivity contribution < 1.29 is 27.6 Å². The van der Waals surface area contributed by atoms with Crippen LogP contribution in [-0.2, 0) is 81.6 Å². The van der Waals surface area contributed by atoms with Crippen LogP contribution < -0.4 is 18.1 Å². The van der Waals surface area contributed by atoms with Crippen molar-refractivity contribution in [1.29, 1.82) is 0 Å². The lowest BCUT2D eigenvalue weighted by Crippen LogP contribution is -2.06. The smallest absolute Gasteiger partial charge is 0.409 e. The molecule has 7 nitrogen and oxygen atoms in total. The predicted molar refractivity (Wildman–Crippen MR) is 410 cm³/mol. The van der Waals surface area contributed by atoms with E-state index in [1.807, 2.05) is 0 Å². The minimum atomic E-state index is -5.18. The molecule has 12 aromatic rings.